The van der Waals surface area contributed by atoms with Crippen LogP contribution in [0.15, 0.2) is 23.8 Å². The first-order valence-corrected chi connectivity index (χ1v) is 16.9. The quantitative estimate of drug-likeness (QED) is 0.136. The Morgan fingerprint density at radius 1 is 1.02 bits per heavy atom. The van der Waals surface area contributed by atoms with Crippen molar-refractivity contribution in [2.75, 3.05) is 6.61 Å². The molecule has 3 fully saturated rings. The van der Waals surface area contributed by atoms with Gasteiger partial charge < -0.3 is 14.2 Å². The van der Waals surface area contributed by atoms with Crippen molar-refractivity contribution in [3.05, 3.63) is 23.8 Å². The Kier molecular flexibility index (Phi) is 13.4. The molecular formula is C28H44Na2O9S2. The van der Waals surface area contributed by atoms with Crippen molar-refractivity contribution in [3.8, 4) is 0 Å². The third kappa shape index (κ3) is 8.32. The molecule has 0 aromatic carbocycles. The van der Waals surface area contributed by atoms with Gasteiger partial charge in [0.15, 0.2) is 0 Å². The van der Waals surface area contributed by atoms with Gasteiger partial charge in [-0.2, -0.15) is 0 Å². The maximum absolute atomic E-state index is 11.7. The molecule has 4 aliphatic rings. The zero-order valence-corrected chi connectivity index (χ0v) is 31.2. The number of hydrogen-bond acceptors (Lipinski definition) is 9. The van der Waals surface area contributed by atoms with E-state index < -0.39 is 33.0 Å². The molecule has 4 aliphatic carbocycles. The van der Waals surface area contributed by atoms with Crippen molar-refractivity contribution >= 4 is 20.8 Å². The number of allylic oxidation sites excluding steroid dienone is 2. The van der Waals surface area contributed by atoms with E-state index >= 15 is 0 Å². The third-order valence-electron chi connectivity index (χ3n) is 11.0. The van der Waals surface area contributed by atoms with Gasteiger partial charge in [-0.3, -0.25) is 8.37 Å². The molecule has 0 saturated heterocycles. The van der Waals surface area contributed by atoms with Crippen LogP contribution in [0.5, 0.6) is 0 Å². The van der Waals surface area contributed by atoms with Gasteiger partial charge in [-0.25, -0.2) is 16.8 Å². The predicted molar refractivity (Wildman–Crippen MR) is 143 cm³/mol. The van der Waals surface area contributed by atoms with Crippen LogP contribution >= 0.6 is 0 Å². The van der Waals surface area contributed by atoms with Gasteiger partial charge >= 0.3 is 59.1 Å². The minimum Gasteiger partial charge on any atom is -0.726 e. The molecule has 0 aromatic rings. The Bertz CT molecular complexity index is 1190. The van der Waals surface area contributed by atoms with Crippen molar-refractivity contribution < 1.29 is 98.5 Å². The summed E-state index contributed by atoms with van der Waals surface area (Å²) in [6.07, 6.45) is 10.5. The summed E-state index contributed by atoms with van der Waals surface area (Å²) in [5.74, 6) is 1.37. The normalized spacial score (nSPS) is 38.6. The second-order valence-corrected chi connectivity index (χ2v) is 15.3. The van der Waals surface area contributed by atoms with Crippen LogP contribution < -0.4 is 59.1 Å². The summed E-state index contributed by atoms with van der Waals surface area (Å²) in [4.78, 5) is 0. The number of hydrogen-bond donors (Lipinski definition) is 1. The minimum atomic E-state index is -4.75. The van der Waals surface area contributed by atoms with E-state index in [-0.39, 0.29) is 106 Å². The van der Waals surface area contributed by atoms with Gasteiger partial charge in [0, 0.05) is 5.92 Å². The fourth-order valence-corrected chi connectivity index (χ4v) is 9.64. The maximum atomic E-state index is 11.7. The zero-order chi connectivity index (χ0) is 29.0. The van der Waals surface area contributed by atoms with Gasteiger partial charge in [0.2, 0.25) is 20.8 Å². The van der Waals surface area contributed by atoms with E-state index in [1.807, 2.05) is 19.9 Å². The fourth-order valence-electron chi connectivity index (χ4n) is 8.82. The van der Waals surface area contributed by atoms with Crippen molar-refractivity contribution in [1.82, 2.24) is 0 Å². The molecule has 0 unspecified atom stereocenters. The molecular weight excluding hydrogens is 590 g/mol. The molecule has 13 heteroatoms. The Labute approximate surface area is 291 Å². The average molecular weight is 635 g/mol. The molecule has 1 N–H and O–H groups in total. The van der Waals surface area contributed by atoms with Gasteiger partial charge in [-0.15, -0.1) is 0 Å². The molecule has 4 rings (SSSR count). The monoisotopic (exact) mass is 634 g/mol. The molecule has 0 aromatic heterocycles. The molecule has 224 valence electrons. The van der Waals surface area contributed by atoms with Gasteiger partial charge in [-0.1, -0.05) is 58.4 Å². The number of aliphatic hydroxyl groups is 1. The van der Waals surface area contributed by atoms with Crippen molar-refractivity contribution in [1.29, 1.82) is 0 Å². The molecule has 0 bridgehead atoms. The molecule has 9 nitrogen and oxygen atoms in total. The zero-order valence-electron chi connectivity index (χ0n) is 25.6. The van der Waals surface area contributed by atoms with Crippen LogP contribution in [0.25, 0.3) is 0 Å². The van der Waals surface area contributed by atoms with Crippen molar-refractivity contribution in [2.24, 2.45) is 52.3 Å². The molecule has 10 atom stereocenters. The topological polar surface area (TPSA) is 153 Å². The van der Waals surface area contributed by atoms with Crippen LogP contribution in [-0.4, -0.2) is 49.9 Å². The molecule has 0 radical (unpaired) electrons. The smallest absolute Gasteiger partial charge is 0.726 e. The first-order chi connectivity index (χ1) is 18.0. The Balaban J connectivity index is 0.00000294. The summed E-state index contributed by atoms with van der Waals surface area (Å²) < 4.78 is 75.7. The largest absolute Gasteiger partial charge is 1.00 e. The predicted octanol–water partition coefficient (Wildman–Crippen LogP) is -1.67. The second-order valence-electron chi connectivity index (χ2n) is 13.3. The maximum Gasteiger partial charge on any atom is 1.00 e. The average Bonchev–Trinajstić information content (AvgIpc) is 3.17. The molecule has 0 spiro atoms. The molecule has 0 heterocycles. The Morgan fingerprint density at radius 3 is 2.27 bits per heavy atom. The summed E-state index contributed by atoms with van der Waals surface area (Å²) in [7, 11) is -9.49. The van der Waals surface area contributed by atoms with E-state index in [2.05, 4.69) is 37.1 Å². The van der Waals surface area contributed by atoms with Crippen LogP contribution in [0, 0.1) is 52.3 Å². The molecule has 41 heavy (non-hydrogen) atoms. The Hall–Kier alpha value is 1.18. The van der Waals surface area contributed by atoms with E-state index in [1.54, 1.807) is 0 Å². The van der Waals surface area contributed by atoms with E-state index in [0.29, 0.717) is 31.1 Å². The molecule has 3 saturated carbocycles. The van der Waals surface area contributed by atoms with Crippen LogP contribution in [0.2, 0.25) is 0 Å². The van der Waals surface area contributed by atoms with E-state index in [4.69, 9.17) is 4.18 Å². The summed E-state index contributed by atoms with van der Waals surface area (Å²) in [5, 5.41) is 11.7. The summed E-state index contributed by atoms with van der Waals surface area (Å²) in [5.41, 5.74) is 0.756. The van der Waals surface area contributed by atoms with Crippen LogP contribution in [0.4, 0.5) is 0 Å². The minimum absolute atomic E-state index is 0. The van der Waals surface area contributed by atoms with E-state index in [9.17, 15) is 31.0 Å². The standard InChI is InChI=1S/C28H46O9S2.2Na/c1-17(2)19(16-36-38(30,31)32)7-6-18(3)23-10-11-24-22-9-8-20-14-21(37-39(33,34)35)12-13-27(20,4)25(22)15-26(29)28(23,24)5;;/h6-8,17-19,21-26,29H,9-16H2,1-5H3,(H,30,31,32)(H,33,34,35);;/q;2*+1/p-2/b7-6+;;/t18-,19+,21+,22+,23-,24+,25+,26+,27+,28-;;/m1../s1. The van der Waals surface area contributed by atoms with Crippen LogP contribution in [0.1, 0.15) is 79.6 Å². The van der Waals surface area contributed by atoms with Gasteiger partial charge in [-0.05, 0) is 91.3 Å². The second kappa shape index (κ2) is 14.3. The van der Waals surface area contributed by atoms with E-state index in [0.717, 1.165) is 31.3 Å². The van der Waals surface area contributed by atoms with Gasteiger partial charge in [0.1, 0.15) is 0 Å². The first-order valence-electron chi connectivity index (χ1n) is 14.3. The van der Waals surface area contributed by atoms with Crippen LogP contribution in [-0.2, 0) is 29.2 Å². The SMILES string of the molecule is CC(C)[C@@H](/C=C/[C@@H](C)[C@H]1CC[C@H]2[C@@H]3CC=C4C[C@@H](OS(=O)(=O)[O-])CC[C@]4(C)[C@H]3C[C@H](O)[C@]12C)COS(=O)(=O)[O-].[Na+].[Na+]. The summed E-state index contributed by atoms with van der Waals surface area (Å²) >= 11 is 0. The van der Waals surface area contributed by atoms with Crippen molar-refractivity contribution in [3.63, 3.8) is 0 Å². The number of fused-ring (bicyclic) bond motifs is 5. The first kappa shape index (κ1) is 38.4. The van der Waals surface area contributed by atoms with Gasteiger partial charge in [0.25, 0.3) is 0 Å². The summed E-state index contributed by atoms with van der Waals surface area (Å²) in [6.45, 7) is 10.4. The third-order valence-corrected chi connectivity index (χ3v) is 12.0. The summed E-state index contributed by atoms with van der Waals surface area (Å²) in [6, 6.07) is 0. The van der Waals surface area contributed by atoms with Crippen LogP contribution in [0.3, 0.4) is 0 Å². The van der Waals surface area contributed by atoms with E-state index in [1.165, 1.54) is 0 Å². The number of aliphatic hydroxyl groups excluding tert-OH is 1. The van der Waals surface area contributed by atoms with Gasteiger partial charge in [0.05, 0.1) is 18.8 Å². The molecule has 0 aliphatic heterocycles. The fraction of sp³-hybridized carbons (Fsp3) is 0.857. The molecule has 0 amide bonds. The number of rotatable bonds is 9. The van der Waals surface area contributed by atoms with Crippen molar-refractivity contribution in [2.45, 2.75) is 91.8 Å². The Morgan fingerprint density at radius 2 is 1.68 bits per heavy atom.